The minimum absolute atomic E-state index is 0.0322. The van der Waals surface area contributed by atoms with Gasteiger partial charge in [-0.15, -0.1) is 5.73 Å². The van der Waals surface area contributed by atoms with Crippen molar-refractivity contribution < 1.29 is 9.22 Å². The van der Waals surface area contributed by atoms with E-state index in [1.165, 1.54) is 0 Å². The molecule has 108 valence electrons. The fraction of sp³-hybridized carbons (Fsp3) is 0.733. The third kappa shape index (κ3) is 3.19. The first-order chi connectivity index (χ1) is 8.51. The molecule has 0 aromatic rings. The summed E-state index contributed by atoms with van der Waals surface area (Å²) >= 11 is 0. The van der Waals surface area contributed by atoms with Crippen LogP contribution in [0.4, 0.5) is 0 Å². The maximum absolute atomic E-state index is 11.8. The Kier molecular flexibility index (Phi) is 4.50. The molecule has 3 atom stereocenters. The quantitative estimate of drug-likeness (QED) is 0.488. The zero-order chi connectivity index (χ0) is 15.0. The van der Waals surface area contributed by atoms with E-state index in [1.54, 1.807) is 0 Å². The fourth-order valence-corrected chi connectivity index (χ4v) is 3.51. The monoisotopic (exact) mass is 281 g/mol. The predicted molar refractivity (Wildman–Crippen MR) is 81.5 cm³/mol. The van der Waals surface area contributed by atoms with E-state index >= 15 is 0 Å². The number of amides is 1. The molecule has 0 unspecified atom stereocenters. The van der Waals surface area contributed by atoms with Crippen LogP contribution in [0.5, 0.6) is 0 Å². The first-order valence-corrected chi connectivity index (χ1v) is 9.77. The lowest BCUT2D eigenvalue weighted by Crippen LogP contribution is -2.64. The van der Waals surface area contributed by atoms with Crippen molar-refractivity contribution in [2.45, 2.75) is 64.9 Å². The van der Waals surface area contributed by atoms with Gasteiger partial charge < -0.3 is 9.74 Å². The molecule has 1 amide bonds. The summed E-state index contributed by atoms with van der Waals surface area (Å²) in [6.45, 7) is 18.7. The molecular formula is C15H27NO2Si. The van der Waals surface area contributed by atoms with Crippen molar-refractivity contribution >= 4 is 14.2 Å². The highest BCUT2D eigenvalue weighted by Crippen LogP contribution is 2.39. The molecule has 0 radical (unpaired) electrons. The van der Waals surface area contributed by atoms with Crippen molar-refractivity contribution in [3.05, 3.63) is 17.9 Å². The Morgan fingerprint density at radius 1 is 1.47 bits per heavy atom. The molecule has 0 aromatic carbocycles. The Balaban J connectivity index is 2.81. The molecule has 0 saturated carbocycles. The van der Waals surface area contributed by atoms with Crippen LogP contribution in [0.1, 0.15) is 34.6 Å². The average molecular weight is 281 g/mol. The third-order valence-electron chi connectivity index (χ3n) is 4.50. The third-order valence-corrected chi connectivity index (χ3v) is 9.07. The Labute approximate surface area is 118 Å². The molecule has 4 heteroatoms. The van der Waals surface area contributed by atoms with Crippen LogP contribution < -0.4 is 5.32 Å². The second-order valence-corrected chi connectivity index (χ2v) is 11.7. The number of carbonyl (C=O) groups is 1. The molecule has 1 rings (SSSR count). The number of carbonyl (C=O) groups excluding carboxylic acids is 1. The van der Waals surface area contributed by atoms with Crippen LogP contribution in [0.25, 0.3) is 0 Å². The van der Waals surface area contributed by atoms with Gasteiger partial charge in [-0.05, 0) is 37.6 Å². The lowest BCUT2D eigenvalue weighted by Gasteiger charge is -2.45. The predicted octanol–water partition coefficient (Wildman–Crippen LogP) is 3.24. The molecule has 1 N–H and O–H groups in total. The molecule has 3 nitrogen and oxygen atoms in total. The Bertz CT molecular complexity index is 416. The summed E-state index contributed by atoms with van der Waals surface area (Å²) < 4.78 is 6.32. The lowest BCUT2D eigenvalue weighted by molar-refractivity contribution is -0.138. The van der Waals surface area contributed by atoms with E-state index < -0.39 is 8.32 Å². The summed E-state index contributed by atoms with van der Waals surface area (Å²) in [5, 5.41) is 3.06. The SMILES string of the molecule is C=C=C(C)[C@@H]1NC(=O)[C@H]1[C@H](C)O[Si](C)(C)C(C)(C)C. The Morgan fingerprint density at radius 2 is 2.00 bits per heavy atom. The number of hydrogen-bond donors (Lipinski definition) is 1. The van der Waals surface area contributed by atoms with Crippen LogP contribution in [0.15, 0.2) is 17.9 Å². The molecule has 0 bridgehead atoms. The molecular weight excluding hydrogens is 254 g/mol. The van der Waals surface area contributed by atoms with Gasteiger partial charge in [0, 0.05) is 0 Å². The van der Waals surface area contributed by atoms with Crippen molar-refractivity contribution in [3.8, 4) is 0 Å². The maximum Gasteiger partial charge on any atom is 0.228 e. The largest absolute Gasteiger partial charge is 0.413 e. The molecule has 1 fully saturated rings. The van der Waals surface area contributed by atoms with Gasteiger partial charge in [-0.3, -0.25) is 4.79 Å². The van der Waals surface area contributed by atoms with Crippen LogP contribution in [0.2, 0.25) is 18.1 Å². The second kappa shape index (κ2) is 5.27. The molecule has 1 heterocycles. The fourth-order valence-electron chi connectivity index (χ4n) is 2.08. The van der Waals surface area contributed by atoms with Crippen molar-refractivity contribution in [2.24, 2.45) is 5.92 Å². The minimum atomic E-state index is -1.84. The standard InChI is InChI=1S/C15H27NO2Si/c1-9-10(2)13-12(14(17)16-13)11(3)18-19(7,8)15(4,5)6/h11-13H,1H2,2-8H3,(H,16,17)/t11-,12-,13-/m0/s1. The summed E-state index contributed by atoms with van der Waals surface area (Å²) in [5.41, 5.74) is 3.85. The lowest BCUT2D eigenvalue weighted by atomic mass is 9.82. The normalized spacial score (nSPS) is 25.1. The topological polar surface area (TPSA) is 38.3 Å². The van der Waals surface area contributed by atoms with E-state index in [0.717, 1.165) is 5.57 Å². The van der Waals surface area contributed by atoms with Gasteiger partial charge in [0.25, 0.3) is 0 Å². The van der Waals surface area contributed by atoms with Gasteiger partial charge in [0.2, 0.25) is 5.91 Å². The van der Waals surface area contributed by atoms with Crippen molar-refractivity contribution in [1.82, 2.24) is 5.32 Å². The number of hydrogen-bond acceptors (Lipinski definition) is 2. The van der Waals surface area contributed by atoms with E-state index in [2.05, 4.69) is 51.5 Å². The van der Waals surface area contributed by atoms with Gasteiger partial charge in [0.15, 0.2) is 8.32 Å². The van der Waals surface area contributed by atoms with E-state index in [4.69, 9.17) is 4.43 Å². The highest BCUT2D eigenvalue weighted by atomic mass is 28.4. The zero-order valence-electron chi connectivity index (χ0n) is 13.3. The van der Waals surface area contributed by atoms with Crippen LogP contribution in [0.3, 0.4) is 0 Å². The second-order valence-electron chi connectivity index (χ2n) is 6.96. The maximum atomic E-state index is 11.8. The number of rotatable bonds is 4. The highest BCUT2D eigenvalue weighted by molar-refractivity contribution is 6.74. The molecule has 1 aliphatic rings. The van der Waals surface area contributed by atoms with Crippen molar-refractivity contribution in [1.29, 1.82) is 0 Å². The van der Waals surface area contributed by atoms with Gasteiger partial charge in [-0.2, -0.15) is 0 Å². The number of β-lactam (4-membered cyclic amide) rings is 1. The van der Waals surface area contributed by atoms with E-state index in [-0.39, 0.29) is 29.0 Å². The Hall–Kier alpha value is -0.833. The van der Waals surface area contributed by atoms with Crippen molar-refractivity contribution in [3.63, 3.8) is 0 Å². The Morgan fingerprint density at radius 3 is 2.37 bits per heavy atom. The van der Waals surface area contributed by atoms with Crippen LogP contribution in [-0.2, 0) is 9.22 Å². The van der Waals surface area contributed by atoms with Crippen molar-refractivity contribution in [2.75, 3.05) is 0 Å². The minimum Gasteiger partial charge on any atom is -0.413 e. The highest BCUT2D eigenvalue weighted by Gasteiger charge is 2.47. The smallest absolute Gasteiger partial charge is 0.228 e. The summed E-state index contributed by atoms with van der Waals surface area (Å²) in [7, 11) is -1.84. The van der Waals surface area contributed by atoms with E-state index in [9.17, 15) is 4.79 Å². The van der Waals surface area contributed by atoms with Gasteiger partial charge in [-0.25, -0.2) is 0 Å². The molecule has 0 aliphatic carbocycles. The van der Waals surface area contributed by atoms with Crippen LogP contribution in [-0.4, -0.2) is 26.4 Å². The summed E-state index contributed by atoms with van der Waals surface area (Å²) in [4.78, 5) is 11.8. The van der Waals surface area contributed by atoms with E-state index in [1.807, 2.05) is 13.8 Å². The zero-order valence-corrected chi connectivity index (χ0v) is 14.3. The first-order valence-electron chi connectivity index (χ1n) is 6.86. The van der Waals surface area contributed by atoms with Gasteiger partial charge >= 0.3 is 0 Å². The molecule has 1 aliphatic heterocycles. The van der Waals surface area contributed by atoms with Gasteiger partial charge in [0.1, 0.15) is 0 Å². The molecule has 0 spiro atoms. The summed E-state index contributed by atoms with van der Waals surface area (Å²) in [6, 6.07) is 0.0322. The van der Waals surface area contributed by atoms with Crippen LogP contribution >= 0.6 is 0 Å². The molecule has 0 aromatic heterocycles. The summed E-state index contributed by atoms with van der Waals surface area (Å²) in [6.07, 6.45) is -0.0667. The van der Waals surface area contributed by atoms with E-state index in [0.29, 0.717) is 0 Å². The van der Waals surface area contributed by atoms with Gasteiger partial charge in [-0.1, -0.05) is 27.4 Å². The summed E-state index contributed by atoms with van der Waals surface area (Å²) in [5.74, 6) is -0.0332. The molecule has 1 saturated heterocycles. The number of nitrogens with one attached hydrogen (secondary N) is 1. The van der Waals surface area contributed by atoms with Crippen LogP contribution in [0, 0.1) is 5.92 Å². The average Bonchev–Trinajstić information content (AvgIpc) is 2.22. The first kappa shape index (κ1) is 16.2. The van der Waals surface area contributed by atoms with Gasteiger partial charge in [0.05, 0.1) is 18.1 Å². The molecule has 19 heavy (non-hydrogen) atoms.